The number of aryl methyl sites for hydroxylation is 1. The molecule has 0 fully saturated rings. The van der Waals surface area contributed by atoms with E-state index in [0.29, 0.717) is 12.4 Å². The van der Waals surface area contributed by atoms with Gasteiger partial charge in [-0.2, -0.15) is 0 Å². The molecule has 0 aliphatic rings. The minimum Gasteiger partial charge on any atom is -0.341 e. The van der Waals surface area contributed by atoms with E-state index in [1.165, 1.54) is 6.07 Å². The highest BCUT2D eigenvalue weighted by Gasteiger charge is 2.14. The van der Waals surface area contributed by atoms with E-state index in [9.17, 15) is 10.1 Å². The molecule has 1 aromatic heterocycles. The van der Waals surface area contributed by atoms with Crippen molar-refractivity contribution in [2.75, 3.05) is 0 Å². The lowest BCUT2D eigenvalue weighted by atomic mass is 10.1. The average molecular weight is 288 g/mol. The Morgan fingerprint density at radius 3 is 2.71 bits per heavy atom. The number of nitro groups is 1. The van der Waals surface area contributed by atoms with Gasteiger partial charge in [0.25, 0.3) is 5.69 Å². The van der Waals surface area contributed by atoms with Crippen molar-refractivity contribution in [1.82, 2.24) is 15.3 Å². The van der Waals surface area contributed by atoms with Crippen molar-refractivity contribution < 1.29 is 4.92 Å². The maximum atomic E-state index is 10.9. The molecule has 0 amide bonds. The van der Waals surface area contributed by atoms with Gasteiger partial charge >= 0.3 is 0 Å². The molecule has 1 aromatic carbocycles. The number of aromatic amines is 1. The Hall–Kier alpha value is -2.21. The number of nitrogens with zero attached hydrogens (tertiary/aromatic N) is 2. The van der Waals surface area contributed by atoms with Crippen LogP contribution in [-0.2, 0) is 6.54 Å². The summed E-state index contributed by atoms with van der Waals surface area (Å²) in [5.74, 6) is 0.655. The quantitative estimate of drug-likeness (QED) is 0.668. The molecule has 0 bridgehead atoms. The van der Waals surface area contributed by atoms with Crippen LogP contribution < -0.4 is 5.32 Å². The average Bonchev–Trinajstić information content (AvgIpc) is 2.84. The van der Waals surface area contributed by atoms with Gasteiger partial charge in [-0.25, -0.2) is 4.98 Å². The number of nitrogens with one attached hydrogen (secondary N) is 2. The van der Waals surface area contributed by atoms with Crippen LogP contribution in [-0.4, -0.2) is 20.4 Å². The number of hydrogen-bond donors (Lipinski definition) is 2. The molecule has 6 nitrogen and oxygen atoms in total. The fourth-order valence-corrected chi connectivity index (χ4v) is 1.92. The van der Waals surface area contributed by atoms with E-state index >= 15 is 0 Å². The maximum absolute atomic E-state index is 10.9. The zero-order valence-corrected chi connectivity index (χ0v) is 12.7. The summed E-state index contributed by atoms with van der Waals surface area (Å²) in [7, 11) is 0. The number of benzene rings is 1. The summed E-state index contributed by atoms with van der Waals surface area (Å²) in [4.78, 5) is 18.0. The van der Waals surface area contributed by atoms with Gasteiger partial charge in [0.2, 0.25) is 0 Å². The SMILES string of the molecule is Cc1ccc([N+](=O)[O-])cc1-c1ncc(CNC(C)(C)C)[nH]1. The second-order valence-electron chi connectivity index (χ2n) is 6.12. The minimum atomic E-state index is -0.395. The molecule has 0 aliphatic carbocycles. The van der Waals surface area contributed by atoms with Gasteiger partial charge in [-0.3, -0.25) is 10.1 Å². The third-order valence-corrected chi connectivity index (χ3v) is 3.12. The largest absolute Gasteiger partial charge is 0.341 e. The first-order valence-corrected chi connectivity index (χ1v) is 6.80. The minimum absolute atomic E-state index is 0.0206. The smallest absolute Gasteiger partial charge is 0.270 e. The number of imidazole rings is 1. The summed E-state index contributed by atoms with van der Waals surface area (Å²) in [6, 6.07) is 4.79. The lowest BCUT2D eigenvalue weighted by Crippen LogP contribution is -2.35. The standard InChI is InChI=1S/C15H20N4O2/c1-10-5-6-12(19(20)21)7-13(10)14-16-8-11(18-14)9-17-15(2,3)4/h5-8,17H,9H2,1-4H3,(H,16,18). The van der Waals surface area contributed by atoms with Crippen LogP contribution in [0.25, 0.3) is 11.4 Å². The second-order valence-corrected chi connectivity index (χ2v) is 6.12. The molecule has 6 heteroatoms. The van der Waals surface area contributed by atoms with Crippen LogP contribution in [0.5, 0.6) is 0 Å². The molecule has 0 atom stereocenters. The molecule has 0 spiro atoms. The van der Waals surface area contributed by atoms with Crippen molar-refractivity contribution in [3.05, 3.63) is 45.8 Å². The molecule has 0 unspecified atom stereocenters. The fourth-order valence-electron chi connectivity index (χ4n) is 1.92. The fraction of sp³-hybridized carbons (Fsp3) is 0.400. The van der Waals surface area contributed by atoms with Crippen LogP contribution in [0.4, 0.5) is 5.69 Å². The highest BCUT2D eigenvalue weighted by Crippen LogP contribution is 2.25. The highest BCUT2D eigenvalue weighted by atomic mass is 16.6. The van der Waals surface area contributed by atoms with Crippen LogP contribution in [0.3, 0.4) is 0 Å². The molecule has 0 radical (unpaired) electrons. The molecule has 2 rings (SSSR count). The van der Waals surface area contributed by atoms with E-state index < -0.39 is 4.92 Å². The summed E-state index contributed by atoms with van der Waals surface area (Å²) in [5, 5.41) is 14.2. The van der Waals surface area contributed by atoms with Crippen molar-refractivity contribution in [2.45, 2.75) is 39.8 Å². The molecule has 0 saturated carbocycles. The predicted molar refractivity (Wildman–Crippen MR) is 82.0 cm³/mol. The lowest BCUT2D eigenvalue weighted by Gasteiger charge is -2.19. The van der Waals surface area contributed by atoms with Gasteiger partial charge in [-0.1, -0.05) is 6.07 Å². The Balaban J connectivity index is 2.25. The number of rotatable bonds is 4. The van der Waals surface area contributed by atoms with Crippen LogP contribution in [0.1, 0.15) is 32.0 Å². The summed E-state index contributed by atoms with van der Waals surface area (Å²) < 4.78 is 0. The van der Waals surface area contributed by atoms with E-state index in [2.05, 4.69) is 36.1 Å². The van der Waals surface area contributed by atoms with Gasteiger partial charge in [-0.05, 0) is 33.3 Å². The molecule has 2 N–H and O–H groups in total. The second kappa shape index (κ2) is 5.65. The number of nitro benzene ring substituents is 1. The molecule has 2 aromatic rings. The van der Waals surface area contributed by atoms with Gasteiger partial charge in [0.05, 0.1) is 4.92 Å². The molecule has 21 heavy (non-hydrogen) atoms. The van der Waals surface area contributed by atoms with E-state index in [-0.39, 0.29) is 11.2 Å². The first-order chi connectivity index (χ1) is 9.76. The number of non-ortho nitro benzene ring substituents is 1. The summed E-state index contributed by atoms with van der Waals surface area (Å²) in [6.07, 6.45) is 1.76. The maximum Gasteiger partial charge on any atom is 0.270 e. The van der Waals surface area contributed by atoms with E-state index in [0.717, 1.165) is 16.8 Å². The third kappa shape index (κ3) is 3.88. The zero-order valence-electron chi connectivity index (χ0n) is 12.7. The highest BCUT2D eigenvalue weighted by molar-refractivity contribution is 5.63. The Morgan fingerprint density at radius 1 is 1.38 bits per heavy atom. The van der Waals surface area contributed by atoms with Crippen LogP contribution >= 0.6 is 0 Å². The van der Waals surface area contributed by atoms with Crippen molar-refractivity contribution in [2.24, 2.45) is 0 Å². The van der Waals surface area contributed by atoms with Crippen molar-refractivity contribution in [1.29, 1.82) is 0 Å². The van der Waals surface area contributed by atoms with Crippen LogP contribution in [0.2, 0.25) is 0 Å². The third-order valence-electron chi connectivity index (χ3n) is 3.12. The number of hydrogen-bond acceptors (Lipinski definition) is 4. The predicted octanol–water partition coefficient (Wildman–Crippen LogP) is 3.18. The Bertz CT molecular complexity index is 656. The first kappa shape index (κ1) is 15.2. The van der Waals surface area contributed by atoms with E-state index in [1.807, 2.05) is 6.92 Å². The Kier molecular flexibility index (Phi) is 4.09. The molecule has 1 heterocycles. The van der Waals surface area contributed by atoms with Gasteiger partial charge in [0.15, 0.2) is 0 Å². The summed E-state index contributed by atoms with van der Waals surface area (Å²) in [6.45, 7) is 8.86. The lowest BCUT2D eigenvalue weighted by molar-refractivity contribution is -0.384. The van der Waals surface area contributed by atoms with Gasteiger partial charge in [0.1, 0.15) is 5.82 Å². The van der Waals surface area contributed by atoms with Crippen LogP contribution in [0, 0.1) is 17.0 Å². The zero-order chi connectivity index (χ0) is 15.6. The first-order valence-electron chi connectivity index (χ1n) is 6.80. The molecule has 112 valence electrons. The summed E-state index contributed by atoms with van der Waals surface area (Å²) >= 11 is 0. The van der Waals surface area contributed by atoms with Gasteiger partial charge in [-0.15, -0.1) is 0 Å². The number of H-pyrrole nitrogens is 1. The van der Waals surface area contributed by atoms with Gasteiger partial charge in [0, 0.05) is 41.7 Å². The van der Waals surface area contributed by atoms with Crippen LogP contribution in [0.15, 0.2) is 24.4 Å². The van der Waals surface area contributed by atoms with Crippen molar-refractivity contribution in [3.63, 3.8) is 0 Å². The normalized spacial score (nSPS) is 11.6. The van der Waals surface area contributed by atoms with E-state index in [4.69, 9.17) is 0 Å². The van der Waals surface area contributed by atoms with Gasteiger partial charge < -0.3 is 10.3 Å². The topological polar surface area (TPSA) is 83.8 Å². The Morgan fingerprint density at radius 2 is 2.10 bits per heavy atom. The van der Waals surface area contributed by atoms with Crippen molar-refractivity contribution in [3.8, 4) is 11.4 Å². The molecule has 0 saturated heterocycles. The van der Waals surface area contributed by atoms with E-state index in [1.54, 1.807) is 18.3 Å². The van der Waals surface area contributed by atoms with Crippen molar-refractivity contribution >= 4 is 5.69 Å². The molecular weight excluding hydrogens is 268 g/mol. The Labute approximate surface area is 123 Å². The molecule has 0 aliphatic heterocycles. The monoisotopic (exact) mass is 288 g/mol. The number of aromatic nitrogens is 2. The summed E-state index contributed by atoms with van der Waals surface area (Å²) in [5.41, 5.74) is 2.75. The molecular formula is C15H20N4O2.